The van der Waals surface area contributed by atoms with Gasteiger partial charge in [-0.25, -0.2) is 0 Å². The van der Waals surface area contributed by atoms with Crippen molar-refractivity contribution in [3.8, 4) is 0 Å². The van der Waals surface area contributed by atoms with Gasteiger partial charge in [-0.2, -0.15) is 0 Å². The molecule has 1 atom stereocenters. The van der Waals surface area contributed by atoms with E-state index in [0.717, 1.165) is 19.3 Å². The molecule has 2 amide bonds. The Labute approximate surface area is 129 Å². The number of carboxylic acid groups (broad SMARTS) is 1. The van der Waals surface area contributed by atoms with Crippen molar-refractivity contribution in [2.75, 3.05) is 0 Å². The minimum absolute atomic E-state index is 0.0583. The maximum Gasteiger partial charge on any atom is 0.303 e. The van der Waals surface area contributed by atoms with Gasteiger partial charge in [0.15, 0.2) is 0 Å². The summed E-state index contributed by atoms with van der Waals surface area (Å²) >= 11 is 0. The topological polar surface area (TPSA) is 109 Å². The van der Waals surface area contributed by atoms with Crippen LogP contribution in [0.25, 0.3) is 0 Å². The molecule has 4 bridgehead atoms. The van der Waals surface area contributed by atoms with Crippen molar-refractivity contribution < 1.29 is 19.5 Å². The first-order chi connectivity index (χ1) is 10.4. The fourth-order valence-electron chi connectivity index (χ4n) is 5.25. The molecule has 0 aromatic heterocycles. The Morgan fingerprint density at radius 2 is 1.59 bits per heavy atom. The van der Waals surface area contributed by atoms with Crippen molar-refractivity contribution in [3.05, 3.63) is 0 Å². The molecule has 6 heteroatoms. The minimum atomic E-state index is -0.990. The van der Waals surface area contributed by atoms with E-state index in [0.29, 0.717) is 17.8 Å². The lowest BCUT2D eigenvalue weighted by Crippen LogP contribution is -2.57. The number of amides is 2. The number of nitrogens with two attached hydrogens (primary N) is 1. The standard InChI is InChI=1S/C16H24N2O4/c17-14(21)12(1-2-13(19)20)18-15(22)16-6-9-3-10(7-16)5-11(4-9)8-16/h9-12H,1-8H2,(H2,17,21)(H,18,22)(H,19,20)/t9?,10?,11?,12-,16?/m0/s1. The molecule has 4 saturated carbocycles. The number of hydrogen-bond acceptors (Lipinski definition) is 3. The molecular formula is C16H24N2O4. The number of nitrogens with one attached hydrogen (secondary N) is 1. The molecule has 4 N–H and O–H groups in total. The normalized spacial score (nSPS) is 36.8. The maximum atomic E-state index is 12.8. The van der Waals surface area contributed by atoms with E-state index in [2.05, 4.69) is 5.32 Å². The van der Waals surface area contributed by atoms with Crippen LogP contribution in [0.1, 0.15) is 51.4 Å². The highest BCUT2D eigenvalue weighted by Crippen LogP contribution is 2.60. The second kappa shape index (κ2) is 5.56. The Balaban J connectivity index is 1.67. The fourth-order valence-corrected chi connectivity index (χ4v) is 5.25. The van der Waals surface area contributed by atoms with Gasteiger partial charge in [-0.3, -0.25) is 14.4 Å². The molecule has 0 unspecified atom stereocenters. The first-order valence-electron chi connectivity index (χ1n) is 8.20. The van der Waals surface area contributed by atoms with Crippen molar-refractivity contribution in [1.82, 2.24) is 5.32 Å². The molecule has 22 heavy (non-hydrogen) atoms. The van der Waals surface area contributed by atoms with Gasteiger partial charge in [-0.05, 0) is 62.7 Å². The lowest BCUT2D eigenvalue weighted by Gasteiger charge is -2.55. The van der Waals surface area contributed by atoms with Gasteiger partial charge in [0.05, 0.1) is 0 Å². The summed E-state index contributed by atoms with van der Waals surface area (Å²) in [5.41, 5.74) is 4.97. The van der Waals surface area contributed by atoms with Crippen LogP contribution in [0.5, 0.6) is 0 Å². The molecule has 0 aliphatic heterocycles. The first kappa shape index (κ1) is 15.3. The smallest absolute Gasteiger partial charge is 0.303 e. The van der Waals surface area contributed by atoms with Crippen LogP contribution in [0.2, 0.25) is 0 Å². The lowest BCUT2D eigenvalue weighted by atomic mass is 9.49. The molecular weight excluding hydrogens is 284 g/mol. The highest BCUT2D eigenvalue weighted by Gasteiger charge is 2.54. The second-order valence-electron chi connectivity index (χ2n) is 7.56. The first-order valence-corrected chi connectivity index (χ1v) is 8.20. The van der Waals surface area contributed by atoms with Gasteiger partial charge in [0.25, 0.3) is 0 Å². The van der Waals surface area contributed by atoms with Gasteiger partial charge in [0.1, 0.15) is 6.04 Å². The highest BCUT2D eigenvalue weighted by molar-refractivity contribution is 5.90. The number of carbonyl (C=O) groups is 3. The van der Waals surface area contributed by atoms with E-state index in [4.69, 9.17) is 10.8 Å². The molecule has 0 aromatic rings. The van der Waals surface area contributed by atoms with Crippen molar-refractivity contribution in [1.29, 1.82) is 0 Å². The fraction of sp³-hybridized carbons (Fsp3) is 0.812. The van der Waals surface area contributed by atoms with Crippen LogP contribution in [0.3, 0.4) is 0 Å². The van der Waals surface area contributed by atoms with Crippen LogP contribution < -0.4 is 11.1 Å². The molecule has 4 aliphatic carbocycles. The zero-order valence-corrected chi connectivity index (χ0v) is 12.7. The van der Waals surface area contributed by atoms with Crippen LogP contribution in [-0.4, -0.2) is 28.9 Å². The van der Waals surface area contributed by atoms with E-state index in [1.54, 1.807) is 0 Å². The molecule has 4 rings (SSSR count). The van der Waals surface area contributed by atoms with E-state index in [9.17, 15) is 14.4 Å². The zero-order chi connectivity index (χ0) is 15.9. The summed E-state index contributed by atoms with van der Waals surface area (Å²) in [7, 11) is 0. The van der Waals surface area contributed by atoms with Gasteiger partial charge in [0.2, 0.25) is 11.8 Å². The summed E-state index contributed by atoms with van der Waals surface area (Å²) in [5.74, 6) is 0.199. The third kappa shape index (κ3) is 2.83. The Hall–Kier alpha value is -1.59. The maximum absolute atomic E-state index is 12.8. The summed E-state index contributed by atoms with van der Waals surface area (Å²) < 4.78 is 0. The summed E-state index contributed by atoms with van der Waals surface area (Å²) in [5, 5.41) is 11.5. The third-order valence-electron chi connectivity index (χ3n) is 5.82. The largest absolute Gasteiger partial charge is 0.481 e. The van der Waals surface area contributed by atoms with Crippen molar-refractivity contribution in [2.45, 2.75) is 57.4 Å². The monoisotopic (exact) mass is 308 g/mol. The van der Waals surface area contributed by atoms with Crippen LogP contribution in [0, 0.1) is 23.2 Å². The molecule has 0 saturated heterocycles. The SMILES string of the molecule is NC(=O)[C@H](CCC(=O)O)NC(=O)C12CC3CC(CC(C3)C1)C2. The summed E-state index contributed by atoms with van der Waals surface area (Å²) in [6.07, 6.45) is 6.34. The van der Waals surface area contributed by atoms with Gasteiger partial charge < -0.3 is 16.2 Å². The van der Waals surface area contributed by atoms with Gasteiger partial charge in [-0.15, -0.1) is 0 Å². The highest BCUT2D eigenvalue weighted by atomic mass is 16.4. The molecule has 0 radical (unpaired) electrons. The molecule has 0 aromatic carbocycles. The van der Waals surface area contributed by atoms with Crippen molar-refractivity contribution in [3.63, 3.8) is 0 Å². The van der Waals surface area contributed by atoms with Crippen LogP contribution >= 0.6 is 0 Å². The van der Waals surface area contributed by atoms with Gasteiger partial charge in [-0.1, -0.05) is 0 Å². The number of hydrogen-bond donors (Lipinski definition) is 3. The average Bonchev–Trinajstić information content (AvgIpc) is 2.41. The Kier molecular flexibility index (Phi) is 3.87. The molecule has 4 fully saturated rings. The molecule has 4 aliphatic rings. The Morgan fingerprint density at radius 3 is 2.00 bits per heavy atom. The third-order valence-corrected chi connectivity index (χ3v) is 5.82. The van der Waals surface area contributed by atoms with E-state index in [1.807, 2.05) is 0 Å². The van der Waals surface area contributed by atoms with E-state index in [1.165, 1.54) is 19.3 Å². The van der Waals surface area contributed by atoms with E-state index in [-0.39, 0.29) is 24.2 Å². The molecule has 6 nitrogen and oxygen atoms in total. The number of aliphatic carboxylic acids is 1. The van der Waals surface area contributed by atoms with Gasteiger partial charge >= 0.3 is 5.97 Å². The summed E-state index contributed by atoms with van der Waals surface area (Å²) in [6.45, 7) is 0. The van der Waals surface area contributed by atoms with Gasteiger partial charge in [0, 0.05) is 11.8 Å². The Morgan fingerprint density at radius 1 is 1.09 bits per heavy atom. The van der Waals surface area contributed by atoms with E-state index >= 15 is 0 Å². The summed E-state index contributed by atoms with van der Waals surface area (Å²) in [4.78, 5) is 34.9. The lowest BCUT2D eigenvalue weighted by molar-refractivity contribution is -0.148. The number of rotatable bonds is 6. The van der Waals surface area contributed by atoms with Crippen LogP contribution in [-0.2, 0) is 14.4 Å². The number of carboxylic acids is 1. The number of carbonyl (C=O) groups excluding carboxylic acids is 2. The quantitative estimate of drug-likeness (QED) is 0.681. The van der Waals surface area contributed by atoms with Crippen molar-refractivity contribution >= 4 is 17.8 Å². The molecule has 0 spiro atoms. The predicted octanol–water partition coefficient (Wildman–Crippen LogP) is 1.04. The minimum Gasteiger partial charge on any atom is -0.481 e. The number of primary amides is 1. The van der Waals surface area contributed by atoms with E-state index < -0.39 is 17.9 Å². The van der Waals surface area contributed by atoms with Crippen LogP contribution in [0.15, 0.2) is 0 Å². The average molecular weight is 308 g/mol. The molecule has 0 heterocycles. The summed E-state index contributed by atoms with van der Waals surface area (Å²) in [6, 6.07) is -0.878. The second-order valence-corrected chi connectivity index (χ2v) is 7.56. The zero-order valence-electron chi connectivity index (χ0n) is 12.7. The molecule has 122 valence electrons. The predicted molar refractivity (Wildman–Crippen MR) is 78.6 cm³/mol. The van der Waals surface area contributed by atoms with Crippen LogP contribution in [0.4, 0.5) is 0 Å². The Bertz CT molecular complexity index is 467. The van der Waals surface area contributed by atoms with Crippen molar-refractivity contribution in [2.24, 2.45) is 28.9 Å².